The third kappa shape index (κ3) is 2.61. The highest BCUT2D eigenvalue weighted by atomic mass is 32.2. The zero-order valence-electron chi connectivity index (χ0n) is 9.84. The van der Waals surface area contributed by atoms with Crippen molar-refractivity contribution >= 4 is 15.7 Å². The van der Waals surface area contributed by atoms with Gasteiger partial charge in [0.25, 0.3) is 0 Å². The summed E-state index contributed by atoms with van der Waals surface area (Å²) in [7, 11) is -3.47. The van der Waals surface area contributed by atoms with E-state index < -0.39 is 15.3 Å². The minimum absolute atomic E-state index is 0.165. The van der Waals surface area contributed by atoms with E-state index in [-0.39, 0.29) is 6.04 Å². The number of hydrogen-bond acceptors (Lipinski definition) is 5. The standard InChI is InChI=1S/C11H14N4O2S/c1-8-11(7-13-14-8)18(16,17)15-10-4-2-3-9(5-10)6-12/h2-5,8,11,13-15H,7H2,1H3. The minimum atomic E-state index is -3.47. The summed E-state index contributed by atoms with van der Waals surface area (Å²) >= 11 is 0. The molecule has 0 aliphatic carbocycles. The molecule has 0 saturated carbocycles. The van der Waals surface area contributed by atoms with E-state index in [9.17, 15) is 8.42 Å². The van der Waals surface area contributed by atoms with Crippen molar-refractivity contribution in [3.05, 3.63) is 29.8 Å². The number of benzene rings is 1. The van der Waals surface area contributed by atoms with Crippen LogP contribution in [0, 0.1) is 11.3 Å². The van der Waals surface area contributed by atoms with Crippen molar-refractivity contribution in [2.24, 2.45) is 0 Å². The molecule has 1 fully saturated rings. The van der Waals surface area contributed by atoms with Gasteiger partial charge in [0.15, 0.2) is 0 Å². The zero-order valence-corrected chi connectivity index (χ0v) is 10.7. The maximum Gasteiger partial charge on any atom is 0.238 e. The van der Waals surface area contributed by atoms with E-state index in [4.69, 9.17) is 5.26 Å². The first-order valence-electron chi connectivity index (χ1n) is 5.53. The van der Waals surface area contributed by atoms with E-state index in [0.717, 1.165) is 0 Å². The largest absolute Gasteiger partial charge is 0.283 e. The molecule has 1 saturated heterocycles. The average Bonchev–Trinajstić information content (AvgIpc) is 2.76. The number of nitrogens with one attached hydrogen (secondary N) is 3. The number of anilines is 1. The summed E-state index contributed by atoms with van der Waals surface area (Å²) in [6.45, 7) is 2.16. The fraction of sp³-hybridized carbons (Fsp3) is 0.364. The van der Waals surface area contributed by atoms with Crippen molar-refractivity contribution in [2.45, 2.75) is 18.2 Å². The normalized spacial score (nSPS) is 23.6. The Morgan fingerprint density at radius 1 is 1.50 bits per heavy atom. The molecule has 2 atom stereocenters. The van der Waals surface area contributed by atoms with E-state index >= 15 is 0 Å². The highest BCUT2D eigenvalue weighted by Crippen LogP contribution is 2.16. The molecular formula is C11H14N4O2S. The van der Waals surface area contributed by atoms with E-state index in [1.54, 1.807) is 25.1 Å². The number of rotatable bonds is 3. The molecule has 0 bridgehead atoms. The Morgan fingerprint density at radius 2 is 2.28 bits per heavy atom. The molecule has 18 heavy (non-hydrogen) atoms. The van der Waals surface area contributed by atoms with Gasteiger partial charge in [-0.3, -0.25) is 15.6 Å². The van der Waals surface area contributed by atoms with Crippen LogP contribution in [0.2, 0.25) is 0 Å². The smallest absolute Gasteiger partial charge is 0.238 e. The van der Waals surface area contributed by atoms with Crippen molar-refractivity contribution < 1.29 is 8.42 Å². The van der Waals surface area contributed by atoms with Gasteiger partial charge in [0, 0.05) is 18.3 Å². The van der Waals surface area contributed by atoms with Gasteiger partial charge in [-0.1, -0.05) is 6.07 Å². The predicted octanol–water partition coefficient (Wildman–Crippen LogP) is 0.165. The van der Waals surface area contributed by atoms with Crippen LogP contribution in [0.15, 0.2) is 24.3 Å². The van der Waals surface area contributed by atoms with Crippen LogP contribution in [0.4, 0.5) is 5.69 Å². The Kier molecular flexibility index (Phi) is 3.52. The van der Waals surface area contributed by atoms with Crippen LogP contribution in [0.1, 0.15) is 12.5 Å². The molecule has 96 valence electrons. The summed E-state index contributed by atoms with van der Waals surface area (Å²) in [5.41, 5.74) is 6.51. The van der Waals surface area contributed by atoms with Gasteiger partial charge < -0.3 is 0 Å². The van der Waals surface area contributed by atoms with Crippen LogP contribution in [-0.2, 0) is 10.0 Å². The van der Waals surface area contributed by atoms with Crippen LogP contribution >= 0.6 is 0 Å². The van der Waals surface area contributed by atoms with Crippen LogP contribution < -0.4 is 15.6 Å². The lowest BCUT2D eigenvalue weighted by Gasteiger charge is -2.16. The lowest BCUT2D eigenvalue weighted by molar-refractivity contribution is 0.565. The fourth-order valence-corrected chi connectivity index (χ4v) is 3.38. The van der Waals surface area contributed by atoms with Crippen molar-refractivity contribution in [1.29, 1.82) is 5.26 Å². The Hall–Kier alpha value is -1.62. The van der Waals surface area contributed by atoms with Gasteiger partial charge in [-0.05, 0) is 25.1 Å². The predicted molar refractivity (Wildman–Crippen MR) is 68.1 cm³/mol. The average molecular weight is 266 g/mol. The Morgan fingerprint density at radius 3 is 2.89 bits per heavy atom. The molecule has 6 nitrogen and oxygen atoms in total. The van der Waals surface area contributed by atoms with Gasteiger partial charge >= 0.3 is 0 Å². The van der Waals surface area contributed by atoms with E-state index in [1.807, 2.05) is 6.07 Å². The summed E-state index contributed by atoms with van der Waals surface area (Å²) < 4.78 is 26.8. The molecule has 0 amide bonds. The van der Waals surface area contributed by atoms with Crippen LogP contribution in [0.25, 0.3) is 0 Å². The second-order valence-corrected chi connectivity index (χ2v) is 6.09. The number of sulfonamides is 1. The number of hydrogen-bond donors (Lipinski definition) is 3. The van der Waals surface area contributed by atoms with Gasteiger partial charge in [-0.2, -0.15) is 5.26 Å². The maximum atomic E-state index is 12.1. The molecule has 1 aliphatic rings. The molecule has 2 rings (SSSR count). The van der Waals surface area contributed by atoms with E-state index in [1.165, 1.54) is 6.07 Å². The Bertz CT molecular complexity index is 579. The summed E-state index contributed by atoms with van der Waals surface area (Å²) in [6.07, 6.45) is 0. The van der Waals surface area contributed by atoms with Crippen LogP contribution in [0.3, 0.4) is 0 Å². The third-order valence-electron chi connectivity index (χ3n) is 2.84. The molecule has 0 radical (unpaired) electrons. The molecule has 3 N–H and O–H groups in total. The number of nitrogens with zero attached hydrogens (tertiary/aromatic N) is 1. The molecule has 0 aromatic heterocycles. The highest BCUT2D eigenvalue weighted by molar-refractivity contribution is 7.93. The maximum absolute atomic E-state index is 12.1. The summed E-state index contributed by atoms with van der Waals surface area (Å²) in [4.78, 5) is 0. The molecule has 1 aliphatic heterocycles. The lowest BCUT2D eigenvalue weighted by atomic mass is 10.2. The van der Waals surface area contributed by atoms with Crippen molar-refractivity contribution in [3.8, 4) is 6.07 Å². The first-order valence-corrected chi connectivity index (χ1v) is 7.08. The first-order chi connectivity index (χ1) is 8.53. The summed E-state index contributed by atoms with van der Waals surface area (Å²) in [5, 5.41) is 8.23. The van der Waals surface area contributed by atoms with Gasteiger partial charge in [-0.25, -0.2) is 8.42 Å². The summed E-state index contributed by atoms with van der Waals surface area (Å²) in [6, 6.07) is 8.21. The molecule has 1 heterocycles. The minimum Gasteiger partial charge on any atom is -0.283 e. The quantitative estimate of drug-likeness (QED) is 0.725. The SMILES string of the molecule is CC1NNCC1S(=O)(=O)Nc1cccc(C#N)c1. The van der Waals surface area contributed by atoms with Crippen LogP contribution in [0.5, 0.6) is 0 Å². The number of nitriles is 1. The molecule has 2 unspecified atom stereocenters. The van der Waals surface area contributed by atoms with Gasteiger partial charge in [0.1, 0.15) is 5.25 Å². The number of hydrazine groups is 1. The van der Waals surface area contributed by atoms with Gasteiger partial charge in [0.05, 0.1) is 11.6 Å². The second-order valence-electron chi connectivity index (χ2n) is 4.19. The summed E-state index contributed by atoms with van der Waals surface area (Å²) in [5.74, 6) is 0. The zero-order chi connectivity index (χ0) is 13.2. The molecule has 0 spiro atoms. The van der Waals surface area contributed by atoms with Crippen molar-refractivity contribution in [3.63, 3.8) is 0 Å². The lowest BCUT2D eigenvalue weighted by Crippen LogP contribution is -2.38. The van der Waals surface area contributed by atoms with Crippen LogP contribution in [-0.4, -0.2) is 26.3 Å². The van der Waals surface area contributed by atoms with E-state index in [0.29, 0.717) is 17.8 Å². The first kappa shape index (κ1) is 12.8. The van der Waals surface area contributed by atoms with Crippen molar-refractivity contribution in [1.82, 2.24) is 10.9 Å². The van der Waals surface area contributed by atoms with Crippen molar-refractivity contribution in [2.75, 3.05) is 11.3 Å². The topological polar surface area (TPSA) is 94.0 Å². The second kappa shape index (κ2) is 4.94. The highest BCUT2D eigenvalue weighted by Gasteiger charge is 2.34. The third-order valence-corrected chi connectivity index (χ3v) is 4.73. The Labute approximate surface area is 106 Å². The Balaban J connectivity index is 2.20. The van der Waals surface area contributed by atoms with E-state index in [2.05, 4.69) is 15.6 Å². The van der Waals surface area contributed by atoms with Gasteiger partial charge in [-0.15, -0.1) is 0 Å². The molecule has 7 heteroatoms. The molecular weight excluding hydrogens is 252 g/mol. The monoisotopic (exact) mass is 266 g/mol. The fourth-order valence-electron chi connectivity index (χ4n) is 1.86. The van der Waals surface area contributed by atoms with Gasteiger partial charge in [0.2, 0.25) is 10.0 Å². The molecule has 1 aromatic carbocycles. The molecule has 1 aromatic rings.